The van der Waals surface area contributed by atoms with E-state index in [0.29, 0.717) is 180 Å². The first kappa shape index (κ1) is 80.8. The van der Waals surface area contributed by atoms with Crippen LogP contribution in [-0.2, 0) is 37.9 Å². The van der Waals surface area contributed by atoms with Crippen LogP contribution in [0.1, 0.15) is 89.0 Å². The van der Waals surface area contributed by atoms with Crippen LogP contribution in [0, 0.1) is 94.7 Å². The molecule has 0 saturated heterocycles. The Bertz CT molecular complexity index is 6140. The Morgan fingerprint density at radius 1 is 0.161 bits per heavy atom. The summed E-state index contributed by atoms with van der Waals surface area (Å²) in [5.41, 5.74) is 14.9. The third-order valence-corrected chi connectivity index (χ3v) is 19.6. The number of methoxy groups -OCH3 is 8. The van der Waals surface area contributed by atoms with Crippen LogP contribution in [0.15, 0.2) is 212 Å². The summed E-state index contributed by atoms with van der Waals surface area (Å²) in [6, 6.07) is 60.3. The van der Waals surface area contributed by atoms with Gasteiger partial charge < -0.3 is 93.5 Å². The topological polar surface area (TPSA) is 200 Å². The zero-order valence-electron chi connectivity index (χ0n) is 68.3. The molecule has 0 radical (unpaired) electrons. The van der Waals surface area contributed by atoms with Crippen LogP contribution in [-0.4, -0.2) is 111 Å². The minimum atomic E-state index is -0.0698. The van der Waals surface area contributed by atoms with Crippen molar-refractivity contribution in [3.63, 3.8) is 0 Å². The molecule has 0 unspecified atom stereocenters. The van der Waals surface area contributed by atoms with Gasteiger partial charge in [0.05, 0.1) is 44.5 Å². The molecule has 0 aliphatic heterocycles. The highest BCUT2D eigenvalue weighted by molar-refractivity contribution is 6.09. The van der Waals surface area contributed by atoms with Crippen molar-refractivity contribution < 1.29 is 93.5 Å². The molecule has 20 nitrogen and oxygen atoms in total. The van der Waals surface area contributed by atoms with E-state index in [1.54, 1.807) is 105 Å². The van der Waals surface area contributed by atoms with Gasteiger partial charge in [-0.15, -0.1) is 0 Å². The lowest BCUT2D eigenvalue weighted by Crippen LogP contribution is -2.04. The predicted octanol–water partition coefficient (Wildman–Crippen LogP) is 18.7. The number of hydrogen-bond acceptors (Lipinski definition) is 20. The van der Waals surface area contributed by atoms with E-state index in [-0.39, 0.29) is 54.3 Å². The second-order valence-electron chi connectivity index (χ2n) is 27.9. The fourth-order valence-electron chi connectivity index (χ4n) is 13.8. The minimum absolute atomic E-state index is 0.0698. The van der Waals surface area contributed by atoms with E-state index < -0.39 is 0 Å². The van der Waals surface area contributed by atoms with Crippen LogP contribution >= 0.6 is 0 Å². The highest BCUT2D eigenvalue weighted by atomic mass is 16.7. The van der Waals surface area contributed by atoms with E-state index >= 15 is 0 Å². The van der Waals surface area contributed by atoms with Gasteiger partial charge in [-0.1, -0.05) is 94.7 Å². The average molecular weight is 1640 g/mol. The number of furan rings is 4. The van der Waals surface area contributed by atoms with Gasteiger partial charge in [-0.2, -0.15) is 0 Å². The molecule has 4 aromatic heterocycles. The summed E-state index contributed by atoms with van der Waals surface area (Å²) in [6.45, 7) is -0.558. The molecule has 10 aliphatic rings. The monoisotopic (exact) mass is 1640 g/mol. The van der Waals surface area contributed by atoms with Gasteiger partial charge in [0, 0.05) is 193 Å². The van der Waals surface area contributed by atoms with Gasteiger partial charge in [0.1, 0.15) is 90.7 Å². The number of benzene rings is 12. The summed E-state index contributed by atoms with van der Waals surface area (Å²) in [7, 11) is 12.4. The molecule has 10 aliphatic carbocycles. The smallest absolute Gasteiger partial charge is 0.188 e. The molecule has 16 aromatic rings. The summed E-state index contributed by atoms with van der Waals surface area (Å²) in [6.07, 6.45) is 0. The molecule has 608 valence electrons. The Morgan fingerprint density at radius 3 is 0.395 bits per heavy atom. The lowest BCUT2D eigenvalue weighted by molar-refractivity contribution is 0.0480. The van der Waals surface area contributed by atoms with E-state index in [9.17, 15) is 0 Å². The molecule has 4 heterocycles. The zero-order valence-corrected chi connectivity index (χ0v) is 68.3. The van der Waals surface area contributed by atoms with Gasteiger partial charge in [0.15, 0.2) is 54.3 Å². The zero-order chi connectivity index (χ0) is 84.8. The largest absolute Gasteiger partial charge is 0.466 e. The molecule has 26 rings (SSSR count). The fraction of sp³-hybridized carbons (Fsp3) is 0.154. The van der Waals surface area contributed by atoms with Gasteiger partial charge >= 0.3 is 0 Å². The quantitative estimate of drug-likeness (QED) is 0.0408. The van der Waals surface area contributed by atoms with Crippen LogP contribution in [0.5, 0.6) is 46.0 Å². The van der Waals surface area contributed by atoms with Crippen LogP contribution in [0.3, 0.4) is 0 Å². The summed E-state index contributed by atoms with van der Waals surface area (Å²) < 4.78 is 118. The maximum Gasteiger partial charge on any atom is 0.188 e. The minimum Gasteiger partial charge on any atom is -0.466 e. The average Bonchev–Trinajstić information content (AvgIpc) is 1.63. The highest BCUT2D eigenvalue weighted by Crippen LogP contribution is 2.39. The van der Waals surface area contributed by atoms with Gasteiger partial charge in [0.2, 0.25) is 0 Å². The van der Waals surface area contributed by atoms with E-state index in [4.69, 9.17) is 93.5 Å². The van der Waals surface area contributed by atoms with Gasteiger partial charge in [-0.05, 0) is 146 Å². The first-order chi connectivity index (χ1) is 61.0. The molecular formula is C104H72O20. The Morgan fingerprint density at radius 2 is 0.282 bits per heavy atom. The number of rotatable bonds is 24. The molecule has 24 bridgehead atoms. The number of hydrogen-bond donors (Lipinski definition) is 0. The van der Waals surface area contributed by atoms with Gasteiger partial charge in [-0.25, -0.2) is 0 Å². The second kappa shape index (κ2) is 37.4. The van der Waals surface area contributed by atoms with Crippen molar-refractivity contribution in [2.24, 2.45) is 0 Å². The van der Waals surface area contributed by atoms with Crippen LogP contribution in [0.25, 0.3) is 87.8 Å². The Hall–Kier alpha value is -15.6. The molecule has 0 amide bonds. The predicted molar refractivity (Wildman–Crippen MR) is 469 cm³/mol. The molecule has 124 heavy (non-hydrogen) atoms. The Labute approximate surface area is 712 Å². The van der Waals surface area contributed by atoms with Crippen molar-refractivity contribution in [2.45, 2.75) is 0 Å². The lowest BCUT2D eigenvalue weighted by Gasteiger charge is -2.12. The van der Waals surface area contributed by atoms with E-state index in [0.717, 1.165) is 43.1 Å². The van der Waals surface area contributed by atoms with Crippen LogP contribution in [0.2, 0.25) is 0 Å². The molecule has 12 aromatic carbocycles. The van der Waals surface area contributed by atoms with E-state index in [2.05, 4.69) is 94.7 Å². The van der Waals surface area contributed by atoms with Gasteiger partial charge in [-0.3, -0.25) is 0 Å². The van der Waals surface area contributed by atoms with Crippen molar-refractivity contribution in [1.29, 1.82) is 0 Å². The van der Waals surface area contributed by atoms with Crippen molar-refractivity contribution in [3.8, 4) is 141 Å². The van der Waals surface area contributed by atoms with E-state index in [1.165, 1.54) is 0 Å². The summed E-state index contributed by atoms with van der Waals surface area (Å²) in [4.78, 5) is 0. The standard InChI is InChI=1S/C104H72O20/c1-105-57-113-97-49-74-26-10-66-18-34-90-82(42-66)84-44-68(20-36-92(84)122-90)12-28-76-52-102(118-62-110-6)78(54-101(76)117-61-109-5)30-14-70-22-38-94-86(46-70)88-48-72(24-40-96(88)124-94)16-32-80-56-103(119-63-111-7)79(55-104(80)120-64-112-8)31-15-71-23-39-95-87(47-71)85-45-69(21-37-93(85)123-95)13-29-77-53-99(115-59-107-3)75(51-100(77)116-60-108-4)27-11-67-19-35-91-83(43-67)81-41-65(17-33-89(81)121-91)9-25-73(97)50-98(74)114-58-106-2/h17-24,33-56H,57-64H2,1-8H3. The Kier molecular flexibility index (Phi) is 24.3. The summed E-state index contributed by atoms with van der Waals surface area (Å²) in [5, 5.41) is 6.59. The van der Waals surface area contributed by atoms with E-state index in [1.807, 2.05) is 146 Å². The second-order valence-corrected chi connectivity index (χ2v) is 27.9. The summed E-state index contributed by atoms with van der Waals surface area (Å²) >= 11 is 0. The lowest BCUT2D eigenvalue weighted by atomic mass is 10.0. The maximum atomic E-state index is 6.37. The van der Waals surface area contributed by atoms with Crippen molar-refractivity contribution in [2.75, 3.05) is 111 Å². The highest BCUT2D eigenvalue weighted by Gasteiger charge is 2.20. The van der Waals surface area contributed by atoms with Crippen molar-refractivity contribution >= 4 is 87.8 Å². The van der Waals surface area contributed by atoms with Crippen molar-refractivity contribution in [1.82, 2.24) is 0 Å². The number of ether oxygens (including phenoxy) is 16. The van der Waals surface area contributed by atoms with Crippen molar-refractivity contribution in [3.05, 3.63) is 283 Å². The molecular weight excluding hydrogens is 1570 g/mol. The molecule has 0 fully saturated rings. The third kappa shape index (κ3) is 18.0. The fourth-order valence-corrected chi connectivity index (χ4v) is 13.8. The third-order valence-electron chi connectivity index (χ3n) is 19.6. The molecule has 0 spiro atoms. The molecule has 0 N–H and O–H groups in total. The van der Waals surface area contributed by atoms with Crippen LogP contribution in [0.4, 0.5) is 0 Å². The maximum absolute atomic E-state index is 6.37. The van der Waals surface area contributed by atoms with Gasteiger partial charge in [0.25, 0.3) is 0 Å². The van der Waals surface area contributed by atoms with Crippen LogP contribution < -0.4 is 37.9 Å². The molecule has 20 heteroatoms. The molecule has 0 atom stereocenters. The summed E-state index contributed by atoms with van der Waals surface area (Å²) in [5.74, 6) is 56.7. The first-order valence-corrected chi connectivity index (χ1v) is 38.7. The normalized spacial score (nSPS) is 11.4. The SMILES string of the molecule is COCOc1cc2c(OCOC)cc1C#Cc1ccc3oc4ccc(cc4c3c1)C#Cc1cc(OCOC)c(cc1OCOC)C#Cc1ccc3oc4ccc(cc4c3c1)C#Cc1cc(OCOC)c(cc1OCOC)C#Cc1ccc3oc4ccc(cc4c3c1)C#Cc1cc(OCOC)c(cc1OCOC)C#Cc1ccc3oc4ccc(cc4c3c1)C#C2. The first-order valence-electron chi connectivity index (χ1n) is 38.7. The molecule has 0 saturated carbocycles. The Balaban J connectivity index is 0.774.